The third kappa shape index (κ3) is 21.3. The standard InChI is InChI=1S/C43H54N6O8S.C30H36N4O6.C15H19F3N2O4S/c1-8-28-24-43(28,38(52)48-58(54,55)42(20-21-42)23-26-18-19-26)47-35(50)32-22-29(25-49(32)37(51)33(40(2,3)4)45-39(53)57-41(5,6)7)56-36-30-16-12-13-17-31(30)44-34(46-36)27-14-10-9-11-15-27;1-29(2,3)23(32-28(38)40-30(4,5)6)26(35)34-17-19(16-22(34)27(36)37)39-25-20-14-10-11-15-21(20)31-24(33-25)18-12-8-7-9-13-18;1-2-10-8-14(10,19-12(22)15(16,17)18)11(21)20-25(23,24)13(5-6-13)7-9-3-4-9/h8-17,26,28-29,32-33H,1,18-25H2,2-7H3,(H,45,53)(H,47,50)(H,48,52);7-15,19,22-23H,16-17H2,1-6H3,(H,32,38)(H,36,37);2,9-10H,1,3-8H2,(H,19,22)(H,20,21)/t28-,29-,32+,33-,43-;19-,22+,23-;10-,14-/m111/s1. The lowest BCUT2D eigenvalue weighted by Crippen LogP contribution is -2.60. The van der Waals surface area contributed by atoms with E-state index in [4.69, 9.17) is 28.9 Å². The number of carbonyl (C=O) groups excluding carboxylic acids is 8. The van der Waals surface area contributed by atoms with Crippen molar-refractivity contribution in [1.29, 1.82) is 0 Å². The topological polar surface area (TPSA) is 409 Å². The first-order valence-electron chi connectivity index (χ1n) is 41.3. The molecular formula is C88H109F3N12O18S2. The number of nitrogens with zero attached hydrogens (tertiary/aromatic N) is 6. The van der Waals surface area contributed by atoms with Crippen LogP contribution in [0.5, 0.6) is 11.8 Å². The molecule has 662 valence electrons. The lowest BCUT2D eigenvalue weighted by molar-refractivity contribution is -0.175. The number of fused-ring (bicyclic) bond motifs is 2. The number of aromatic nitrogens is 4. The number of carboxylic acid groups (broad SMARTS) is 1. The highest BCUT2D eigenvalue weighted by atomic mass is 32.2. The minimum absolute atomic E-state index is 0.000866. The van der Waals surface area contributed by atoms with Crippen LogP contribution in [0.15, 0.2) is 135 Å². The molecule has 2 aliphatic heterocycles. The Hall–Kier alpha value is -10.8. The number of benzene rings is 4. The lowest BCUT2D eigenvalue weighted by Gasteiger charge is -2.36. The number of rotatable bonds is 26. The molecule has 0 radical (unpaired) electrons. The Balaban J connectivity index is 0.000000183. The molecule has 2 aromatic heterocycles. The van der Waals surface area contributed by atoms with Crippen molar-refractivity contribution in [3.05, 3.63) is 135 Å². The summed E-state index contributed by atoms with van der Waals surface area (Å²) >= 11 is 0. The SMILES string of the molecule is C=C[C@@H]1C[C@]1(NC(=O)C(F)(F)F)C(=O)NS(=O)(=O)C1(CC2CC2)CC1.C=C[C@@H]1C[C@]1(NC(=O)[C@@H]1C[C@@H](Oc2nc(-c3ccccc3)nc3ccccc23)CN1C(=O)[C@@H](NC(=O)OC(C)(C)C)C(C)(C)C)C(=O)NS(=O)(=O)C1(CC2CC2)CC1.CC(C)(C)OC(=O)N[C@H](C(=O)N1C[C@H](Oc2nc(-c3ccccc3)nc3ccccc23)C[C@H]1C(=O)O)C(C)(C)C. The largest absolute Gasteiger partial charge is 0.480 e. The molecule has 6 aromatic rings. The maximum absolute atomic E-state index is 14.7. The van der Waals surface area contributed by atoms with Gasteiger partial charge in [0.25, 0.3) is 11.8 Å². The van der Waals surface area contributed by atoms with Gasteiger partial charge in [0.2, 0.25) is 49.5 Å². The Bertz CT molecular complexity index is 5330. The van der Waals surface area contributed by atoms with Gasteiger partial charge in [-0.2, -0.15) is 23.1 Å². The Morgan fingerprint density at radius 2 is 0.878 bits per heavy atom. The van der Waals surface area contributed by atoms with Gasteiger partial charge in [0.15, 0.2) is 11.6 Å². The van der Waals surface area contributed by atoms with Gasteiger partial charge in [-0.1, -0.05) is 164 Å². The van der Waals surface area contributed by atoms with Crippen LogP contribution in [-0.2, 0) is 63.1 Å². The van der Waals surface area contributed by atoms with Crippen molar-refractivity contribution in [3.63, 3.8) is 0 Å². The number of alkyl halides is 3. The lowest BCUT2D eigenvalue weighted by atomic mass is 9.85. The molecule has 123 heavy (non-hydrogen) atoms. The molecule has 4 aromatic carbocycles. The number of aliphatic carboxylic acids is 1. The summed E-state index contributed by atoms with van der Waals surface area (Å²) in [6.07, 6.45) is 1.40. The van der Waals surface area contributed by atoms with Crippen molar-refractivity contribution in [2.75, 3.05) is 13.1 Å². The van der Waals surface area contributed by atoms with Crippen LogP contribution >= 0.6 is 0 Å². The number of amides is 8. The van der Waals surface area contributed by atoms with E-state index in [1.807, 2.05) is 114 Å². The van der Waals surface area contributed by atoms with Crippen LogP contribution in [0.3, 0.4) is 0 Å². The average Bonchev–Trinajstić information content (AvgIpc) is 1.56. The minimum Gasteiger partial charge on any atom is -0.480 e. The maximum atomic E-state index is 14.7. The van der Waals surface area contributed by atoms with Crippen LogP contribution < -0.4 is 40.2 Å². The molecule has 30 nitrogen and oxygen atoms in total. The molecule has 14 rings (SSSR count). The van der Waals surface area contributed by atoms with Gasteiger partial charge in [-0.3, -0.25) is 38.2 Å². The van der Waals surface area contributed by atoms with E-state index in [0.29, 0.717) is 89.7 Å². The number of hydrogen-bond acceptors (Lipinski definition) is 21. The number of nitrogens with one attached hydrogen (secondary N) is 6. The van der Waals surface area contributed by atoms with Gasteiger partial charge >= 0.3 is 30.2 Å². The smallest absolute Gasteiger partial charge is 0.471 e. The predicted octanol–water partition coefficient (Wildman–Crippen LogP) is 11.5. The van der Waals surface area contributed by atoms with E-state index >= 15 is 0 Å². The zero-order valence-electron chi connectivity index (χ0n) is 71.1. The number of sulfonamides is 2. The van der Waals surface area contributed by atoms with E-state index in [2.05, 4.69) is 43.8 Å². The second-order valence-electron chi connectivity index (χ2n) is 37.7. The molecule has 4 heterocycles. The van der Waals surface area contributed by atoms with Crippen LogP contribution in [0.25, 0.3) is 44.6 Å². The summed E-state index contributed by atoms with van der Waals surface area (Å²) in [6, 6.07) is 29.2. The van der Waals surface area contributed by atoms with Crippen LogP contribution in [0, 0.1) is 34.5 Å². The van der Waals surface area contributed by atoms with Crippen LogP contribution in [-0.4, -0.2) is 193 Å². The number of halogens is 3. The summed E-state index contributed by atoms with van der Waals surface area (Å²) in [7, 11) is -8.04. The van der Waals surface area contributed by atoms with Crippen LogP contribution in [0.4, 0.5) is 22.8 Å². The zero-order chi connectivity index (χ0) is 89.8. The fourth-order valence-corrected chi connectivity index (χ4v) is 19.1. The minimum atomic E-state index is -5.16. The molecule has 6 aliphatic carbocycles. The molecule has 10 atom stereocenters. The third-order valence-electron chi connectivity index (χ3n) is 23.3. The molecule has 35 heteroatoms. The van der Waals surface area contributed by atoms with Gasteiger partial charge in [-0.05, 0) is 140 Å². The highest BCUT2D eigenvalue weighted by Crippen LogP contribution is 2.55. The second kappa shape index (κ2) is 34.4. The predicted molar refractivity (Wildman–Crippen MR) is 449 cm³/mol. The molecule has 0 bridgehead atoms. The Kier molecular flexibility index (Phi) is 25.5. The van der Waals surface area contributed by atoms with Crippen molar-refractivity contribution in [1.82, 2.24) is 60.4 Å². The van der Waals surface area contributed by atoms with Crippen LogP contribution in [0.1, 0.15) is 173 Å². The fraction of sp³-hybridized carbons (Fsp3) is 0.534. The van der Waals surface area contributed by atoms with Crippen molar-refractivity contribution in [2.24, 2.45) is 34.5 Å². The Labute approximate surface area is 713 Å². The summed E-state index contributed by atoms with van der Waals surface area (Å²) in [5, 5.41) is 21.2. The van der Waals surface area contributed by atoms with E-state index in [1.54, 1.807) is 88.4 Å². The number of ether oxygens (including phenoxy) is 4. The molecule has 0 spiro atoms. The number of para-hydroxylation sites is 2. The second-order valence-corrected chi connectivity index (χ2v) is 41.8. The summed E-state index contributed by atoms with van der Waals surface area (Å²) in [5.74, 6) is -6.25. The van der Waals surface area contributed by atoms with Gasteiger partial charge in [-0.25, -0.2) is 41.2 Å². The van der Waals surface area contributed by atoms with Crippen LogP contribution in [0.2, 0.25) is 0 Å². The Morgan fingerprint density at radius 1 is 0.520 bits per heavy atom. The monoisotopic (exact) mass is 1740 g/mol. The molecule has 2 saturated heterocycles. The number of hydrogen-bond donors (Lipinski definition) is 7. The normalized spacial score (nSPS) is 23.6. The summed E-state index contributed by atoms with van der Waals surface area (Å²) < 4.78 is 116. The first kappa shape index (κ1) is 91.4. The fourth-order valence-electron chi connectivity index (χ4n) is 15.7. The first-order valence-corrected chi connectivity index (χ1v) is 44.3. The van der Waals surface area contributed by atoms with Crippen molar-refractivity contribution < 1.29 is 97.2 Å². The van der Waals surface area contributed by atoms with E-state index in [0.717, 1.165) is 36.8 Å². The van der Waals surface area contributed by atoms with Crippen molar-refractivity contribution in [3.8, 4) is 34.5 Å². The number of carboxylic acids is 1. The Morgan fingerprint density at radius 3 is 1.21 bits per heavy atom. The molecule has 8 amide bonds. The van der Waals surface area contributed by atoms with Crippen molar-refractivity contribution in [2.45, 2.75) is 247 Å². The summed E-state index contributed by atoms with van der Waals surface area (Å²) in [6.45, 7) is 28.3. The third-order valence-corrected chi connectivity index (χ3v) is 27.6. The highest BCUT2D eigenvalue weighted by molar-refractivity contribution is 7.92. The quantitative estimate of drug-likeness (QED) is 0.0248. The summed E-state index contributed by atoms with van der Waals surface area (Å²) in [5.41, 5.74) is -3.74. The number of likely N-dealkylation sites (tertiary alicyclic amines) is 2. The number of alkyl carbamates (subject to hydrolysis) is 2. The molecule has 8 fully saturated rings. The molecule has 0 unspecified atom stereocenters. The molecule has 7 N–H and O–H groups in total. The van der Waals surface area contributed by atoms with Crippen molar-refractivity contribution >= 4 is 95.5 Å². The van der Waals surface area contributed by atoms with Gasteiger partial charge in [-0.15, -0.1) is 13.2 Å². The average molecular weight is 1740 g/mol. The highest BCUT2D eigenvalue weighted by Gasteiger charge is 2.67. The molecule has 6 saturated carbocycles. The zero-order valence-corrected chi connectivity index (χ0v) is 72.7. The first-order chi connectivity index (χ1) is 57.4. The number of carbonyl (C=O) groups is 9. The summed E-state index contributed by atoms with van der Waals surface area (Å²) in [4.78, 5) is 140. The maximum Gasteiger partial charge on any atom is 0.471 e. The molecule has 8 aliphatic rings. The van der Waals surface area contributed by atoms with E-state index < -0.39 is 171 Å². The van der Waals surface area contributed by atoms with Gasteiger partial charge < -0.3 is 55.1 Å². The van der Waals surface area contributed by atoms with E-state index in [1.165, 1.54) is 22.0 Å². The van der Waals surface area contributed by atoms with Gasteiger partial charge in [0, 0.05) is 35.8 Å². The van der Waals surface area contributed by atoms with E-state index in [9.17, 15) is 78.3 Å². The van der Waals surface area contributed by atoms with E-state index in [-0.39, 0.29) is 44.7 Å². The molecular weight excluding hydrogens is 1630 g/mol. The van der Waals surface area contributed by atoms with Gasteiger partial charge in [0.05, 0.1) is 44.4 Å². The van der Waals surface area contributed by atoms with Gasteiger partial charge in [0.1, 0.15) is 58.7 Å².